The van der Waals surface area contributed by atoms with Crippen LogP contribution in [0.3, 0.4) is 0 Å². The number of rotatable bonds is 3. The normalized spacial score (nSPS) is 21.1. The molecule has 1 fully saturated rings. The molecule has 3 aliphatic rings. The fourth-order valence-electron chi connectivity index (χ4n) is 6.34. The molecule has 0 saturated carbocycles. The summed E-state index contributed by atoms with van der Waals surface area (Å²) in [4.78, 5) is 43.1. The van der Waals surface area contributed by atoms with Gasteiger partial charge in [-0.1, -0.05) is 50.2 Å². The number of hydrogen-bond acceptors (Lipinski definition) is 5. The van der Waals surface area contributed by atoms with Crippen molar-refractivity contribution in [3.8, 4) is 0 Å². The number of fused-ring (bicyclic) bond motifs is 4. The molecular formula is C31H28F3N3O3S. The molecule has 4 amide bonds. The van der Waals surface area contributed by atoms with Crippen molar-refractivity contribution in [2.75, 3.05) is 18.0 Å². The maximum Gasteiger partial charge on any atom is 0.402 e. The van der Waals surface area contributed by atoms with Gasteiger partial charge in [-0.2, -0.15) is 13.2 Å². The summed E-state index contributed by atoms with van der Waals surface area (Å²) in [6.45, 7) is 8.60. The maximum absolute atomic E-state index is 15.2. The first-order valence-electron chi connectivity index (χ1n) is 13.4. The summed E-state index contributed by atoms with van der Waals surface area (Å²) in [5.74, 6) is -1.51. The smallest absolute Gasteiger partial charge is 0.301 e. The lowest BCUT2D eigenvalue weighted by molar-refractivity contribution is -0.173. The summed E-state index contributed by atoms with van der Waals surface area (Å²) in [6.07, 6.45) is -3.32. The number of thiophene rings is 1. The number of imide groups is 2. The zero-order valence-electron chi connectivity index (χ0n) is 23.2. The number of hydrogen-bond donors (Lipinski definition) is 0. The van der Waals surface area contributed by atoms with Gasteiger partial charge < -0.3 is 4.90 Å². The molecule has 212 valence electrons. The maximum atomic E-state index is 15.2. The van der Waals surface area contributed by atoms with E-state index in [4.69, 9.17) is 0 Å². The standard InChI is InChI=1S/C31H28F3N3O3S/c1-6-35-25(38)18(26(39)36(7-2)28(35)40)15-17-16-22-27(41-17)37-23-14-9-8-11-19(23)29(3,4)20-12-10-13-21(24(20)37)30(22,5)31(32,33)34/h8-16H,6-7H2,1-5H3. The van der Waals surface area contributed by atoms with Crippen molar-refractivity contribution in [2.24, 2.45) is 0 Å². The number of likely N-dealkylation sites (N-methyl/N-ethyl adjacent to an activating group) is 2. The molecule has 41 heavy (non-hydrogen) atoms. The largest absolute Gasteiger partial charge is 0.402 e. The minimum atomic E-state index is -4.64. The van der Waals surface area contributed by atoms with Gasteiger partial charge in [-0.15, -0.1) is 11.3 Å². The van der Waals surface area contributed by atoms with Gasteiger partial charge >= 0.3 is 12.2 Å². The van der Waals surface area contributed by atoms with Gasteiger partial charge in [-0.25, -0.2) is 4.79 Å². The SMILES string of the molecule is CCN1C(=O)C(=Cc2cc3c(s2)N2c4ccccc4C(C)(C)c4cccc(c42)C3(C)C(F)(F)F)C(=O)N(CC)C1=O. The minimum Gasteiger partial charge on any atom is -0.301 e. The molecule has 0 N–H and O–H groups in total. The number of benzene rings is 2. The molecule has 0 spiro atoms. The van der Waals surface area contributed by atoms with Crippen molar-refractivity contribution in [2.45, 2.75) is 51.6 Å². The first-order chi connectivity index (χ1) is 19.3. The monoisotopic (exact) mass is 579 g/mol. The molecule has 3 aromatic rings. The lowest BCUT2D eigenvalue weighted by Crippen LogP contribution is -2.56. The van der Waals surface area contributed by atoms with Crippen molar-refractivity contribution >= 4 is 51.6 Å². The second-order valence-electron chi connectivity index (χ2n) is 11.1. The van der Waals surface area contributed by atoms with E-state index >= 15 is 13.2 Å². The Kier molecular flexibility index (Phi) is 5.84. The van der Waals surface area contributed by atoms with E-state index in [0.29, 0.717) is 15.6 Å². The van der Waals surface area contributed by atoms with Gasteiger partial charge in [0.25, 0.3) is 11.8 Å². The number of alkyl halides is 3. The predicted molar refractivity (Wildman–Crippen MR) is 152 cm³/mol. The number of anilines is 3. The Balaban J connectivity index is 1.63. The minimum absolute atomic E-state index is 0.0486. The number of carbonyl (C=O) groups is 3. The first-order valence-corrected chi connectivity index (χ1v) is 14.2. The predicted octanol–water partition coefficient (Wildman–Crippen LogP) is 7.25. The highest BCUT2D eigenvalue weighted by atomic mass is 32.1. The highest BCUT2D eigenvalue weighted by Crippen LogP contribution is 2.64. The van der Waals surface area contributed by atoms with Gasteiger partial charge in [0.1, 0.15) is 16.0 Å². The number of halogens is 3. The van der Waals surface area contributed by atoms with Crippen LogP contribution in [0.1, 0.15) is 61.7 Å². The summed E-state index contributed by atoms with van der Waals surface area (Å²) in [7, 11) is 0. The lowest BCUT2D eigenvalue weighted by atomic mass is 9.66. The van der Waals surface area contributed by atoms with E-state index in [0.717, 1.165) is 38.0 Å². The number of barbiturate groups is 1. The van der Waals surface area contributed by atoms with Crippen LogP contribution in [0, 0.1) is 0 Å². The lowest BCUT2D eigenvalue weighted by Gasteiger charge is -2.49. The molecule has 10 heteroatoms. The van der Waals surface area contributed by atoms with Crippen LogP contribution < -0.4 is 4.90 Å². The van der Waals surface area contributed by atoms with E-state index in [2.05, 4.69) is 0 Å². The van der Waals surface area contributed by atoms with Gasteiger partial charge in [0, 0.05) is 28.9 Å². The fraction of sp³-hybridized carbons (Fsp3) is 0.323. The van der Waals surface area contributed by atoms with E-state index < -0.39 is 34.9 Å². The summed E-state index contributed by atoms with van der Waals surface area (Å²) in [5, 5.41) is 0.381. The highest BCUT2D eigenvalue weighted by Gasteiger charge is 2.60. The van der Waals surface area contributed by atoms with E-state index in [9.17, 15) is 14.4 Å². The molecule has 1 atom stereocenters. The van der Waals surface area contributed by atoms with Crippen molar-refractivity contribution in [3.63, 3.8) is 0 Å². The average Bonchev–Trinajstić information content (AvgIpc) is 3.35. The van der Waals surface area contributed by atoms with Crippen LogP contribution >= 0.6 is 11.3 Å². The summed E-state index contributed by atoms with van der Waals surface area (Å²) in [6, 6.07) is 13.5. The molecule has 0 bridgehead atoms. The first kappa shape index (κ1) is 27.3. The number of urea groups is 1. The van der Waals surface area contributed by atoms with E-state index in [1.807, 2.05) is 49.1 Å². The Morgan fingerprint density at radius 1 is 0.829 bits per heavy atom. The fourth-order valence-corrected chi connectivity index (χ4v) is 7.57. The number of carbonyl (C=O) groups excluding carboxylic acids is 3. The Hall–Kier alpha value is -3.92. The molecule has 3 aliphatic heterocycles. The number of nitrogens with zero attached hydrogens (tertiary/aromatic N) is 3. The van der Waals surface area contributed by atoms with E-state index in [-0.39, 0.29) is 29.8 Å². The molecule has 0 radical (unpaired) electrons. The Labute approximate surface area is 239 Å². The molecule has 6 rings (SSSR count). The zero-order chi connectivity index (χ0) is 29.6. The summed E-state index contributed by atoms with van der Waals surface area (Å²) < 4.78 is 45.6. The Morgan fingerprint density at radius 2 is 1.41 bits per heavy atom. The van der Waals surface area contributed by atoms with Crippen LogP contribution in [-0.4, -0.2) is 46.9 Å². The van der Waals surface area contributed by atoms with Gasteiger partial charge in [0.15, 0.2) is 0 Å². The van der Waals surface area contributed by atoms with Crippen LogP contribution in [0.4, 0.5) is 34.3 Å². The second-order valence-corrected chi connectivity index (χ2v) is 12.2. The van der Waals surface area contributed by atoms with Crippen molar-refractivity contribution in [1.82, 2.24) is 9.80 Å². The molecule has 2 aromatic carbocycles. The number of amides is 4. The van der Waals surface area contributed by atoms with Crippen molar-refractivity contribution in [3.05, 3.63) is 81.2 Å². The Bertz CT molecular complexity index is 1660. The van der Waals surface area contributed by atoms with Gasteiger partial charge in [-0.05, 0) is 55.7 Å². The van der Waals surface area contributed by atoms with Gasteiger partial charge in [0.2, 0.25) is 0 Å². The van der Waals surface area contributed by atoms with Crippen molar-refractivity contribution < 1.29 is 27.6 Å². The van der Waals surface area contributed by atoms with Crippen LogP contribution in [0.5, 0.6) is 0 Å². The van der Waals surface area contributed by atoms with E-state index in [1.54, 1.807) is 26.0 Å². The summed E-state index contributed by atoms with van der Waals surface area (Å²) >= 11 is 1.10. The summed E-state index contributed by atoms with van der Waals surface area (Å²) in [5.41, 5.74) is 0.116. The molecular weight excluding hydrogens is 551 g/mol. The molecule has 1 saturated heterocycles. The van der Waals surface area contributed by atoms with Crippen LogP contribution in [0.25, 0.3) is 6.08 Å². The quantitative estimate of drug-likeness (QED) is 0.242. The van der Waals surface area contributed by atoms with E-state index in [1.165, 1.54) is 19.1 Å². The number of para-hydroxylation sites is 2. The highest BCUT2D eigenvalue weighted by molar-refractivity contribution is 7.17. The second kappa shape index (κ2) is 8.79. The molecule has 4 heterocycles. The third-order valence-corrected chi connectivity index (χ3v) is 9.73. The molecule has 6 nitrogen and oxygen atoms in total. The Morgan fingerprint density at radius 3 is 2.02 bits per heavy atom. The molecule has 0 aliphatic carbocycles. The van der Waals surface area contributed by atoms with Crippen LogP contribution in [-0.2, 0) is 20.4 Å². The van der Waals surface area contributed by atoms with Crippen LogP contribution in [0.2, 0.25) is 0 Å². The third-order valence-electron chi connectivity index (χ3n) is 8.66. The molecule has 1 unspecified atom stereocenters. The van der Waals surface area contributed by atoms with Crippen LogP contribution in [0.15, 0.2) is 54.1 Å². The third kappa shape index (κ3) is 3.46. The van der Waals surface area contributed by atoms with Crippen molar-refractivity contribution in [1.29, 1.82) is 0 Å². The molecule has 1 aromatic heterocycles. The zero-order valence-corrected chi connectivity index (χ0v) is 24.0. The van der Waals surface area contributed by atoms with Gasteiger partial charge in [-0.3, -0.25) is 19.4 Å². The average molecular weight is 580 g/mol. The topological polar surface area (TPSA) is 60.9 Å². The van der Waals surface area contributed by atoms with Gasteiger partial charge in [0.05, 0.1) is 11.4 Å².